The maximum Gasteiger partial charge on any atom is 0.303 e. The van der Waals surface area contributed by atoms with E-state index in [-0.39, 0.29) is 24.3 Å². The summed E-state index contributed by atoms with van der Waals surface area (Å²) in [6.45, 7) is 0.0812. The SMILES string of the molecule is O=C(O)CCCN(c1ccc(I)cc1)S(=O)(=O)c1ccc(Cl)cc1. The molecule has 0 aliphatic rings. The van der Waals surface area contributed by atoms with Crippen LogP contribution in [-0.4, -0.2) is 26.0 Å². The summed E-state index contributed by atoms with van der Waals surface area (Å²) >= 11 is 7.95. The minimum absolute atomic E-state index is 0.0812. The Morgan fingerprint density at radius 1 is 1.08 bits per heavy atom. The Labute approximate surface area is 159 Å². The molecule has 0 atom stereocenters. The van der Waals surface area contributed by atoms with E-state index < -0.39 is 16.0 Å². The number of hydrogen-bond acceptors (Lipinski definition) is 3. The molecule has 0 aromatic heterocycles. The lowest BCUT2D eigenvalue weighted by Gasteiger charge is -2.24. The molecule has 8 heteroatoms. The number of carboxylic acid groups (broad SMARTS) is 1. The zero-order chi connectivity index (χ0) is 17.7. The maximum absolute atomic E-state index is 12.9. The highest BCUT2D eigenvalue weighted by Gasteiger charge is 2.24. The molecule has 0 spiro atoms. The summed E-state index contributed by atoms with van der Waals surface area (Å²) in [6.07, 6.45) is 0.116. The minimum atomic E-state index is -3.80. The monoisotopic (exact) mass is 479 g/mol. The number of hydrogen-bond donors (Lipinski definition) is 1. The van der Waals surface area contributed by atoms with Crippen molar-refractivity contribution in [1.29, 1.82) is 0 Å². The first-order valence-electron chi connectivity index (χ1n) is 7.06. The van der Waals surface area contributed by atoms with Crippen LogP contribution in [0.1, 0.15) is 12.8 Å². The van der Waals surface area contributed by atoms with E-state index in [1.165, 1.54) is 28.6 Å². The van der Waals surface area contributed by atoms with Crippen molar-refractivity contribution in [2.45, 2.75) is 17.7 Å². The topological polar surface area (TPSA) is 74.7 Å². The molecule has 2 aromatic carbocycles. The summed E-state index contributed by atoms with van der Waals surface area (Å²) in [5.74, 6) is -0.957. The fraction of sp³-hybridized carbons (Fsp3) is 0.188. The second kappa shape index (κ2) is 8.17. The normalized spacial score (nSPS) is 11.2. The molecular weight excluding hydrogens is 465 g/mol. The van der Waals surface area contributed by atoms with Gasteiger partial charge >= 0.3 is 5.97 Å². The molecule has 0 bridgehead atoms. The third-order valence-electron chi connectivity index (χ3n) is 3.27. The lowest BCUT2D eigenvalue weighted by Crippen LogP contribution is -2.32. The first kappa shape index (κ1) is 19.0. The molecule has 128 valence electrons. The number of carbonyl (C=O) groups is 1. The average Bonchev–Trinajstić information content (AvgIpc) is 2.53. The lowest BCUT2D eigenvalue weighted by atomic mass is 10.3. The van der Waals surface area contributed by atoms with Crippen molar-refractivity contribution in [3.05, 3.63) is 57.1 Å². The molecule has 5 nitrogen and oxygen atoms in total. The Morgan fingerprint density at radius 2 is 1.67 bits per heavy atom. The van der Waals surface area contributed by atoms with Gasteiger partial charge in [0.15, 0.2) is 0 Å². The quantitative estimate of drug-likeness (QED) is 0.609. The lowest BCUT2D eigenvalue weighted by molar-refractivity contribution is -0.137. The number of anilines is 1. The predicted molar refractivity (Wildman–Crippen MR) is 102 cm³/mol. The Balaban J connectivity index is 2.38. The van der Waals surface area contributed by atoms with Gasteiger partial charge in [-0.3, -0.25) is 9.10 Å². The molecule has 0 heterocycles. The van der Waals surface area contributed by atoms with Gasteiger partial charge in [-0.2, -0.15) is 0 Å². The van der Waals surface area contributed by atoms with Gasteiger partial charge in [-0.05, 0) is 77.5 Å². The van der Waals surface area contributed by atoms with E-state index >= 15 is 0 Å². The van der Waals surface area contributed by atoms with Crippen LogP contribution in [0.4, 0.5) is 5.69 Å². The third-order valence-corrected chi connectivity index (χ3v) is 6.08. The summed E-state index contributed by atoms with van der Waals surface area (Å²) in [7, 11) is -3.80. The molecule has 0 saturated carbocycles. The fourth-order valence-corrected chi connectivity index (χ4v) is 4.09. The van der Waals surface area contributed by atoms with Crippen LogP contribution in [0.15, 0.2) is 53.4 Å². The molecule has 0 aliphatic carbocycles. The van der Waals surface area contributed by atoms with Crippen molar-refractivity contribution in [3.63, 3.8) is 0 Å². The summed E-state index contributed by atoms with van der Waals surface area (Å²) in [5, 5.41) is 9.25. The molecule has 0 amide bonds. The second-order valence-electron chi connectivity index (χ2n) is 5.00. The van der Waals surface area contributed by atoms with Gasteiger partial charge in [0, 0.05) is 21.6 Å². The van der Waals surface area contributed by atoms with E-state index in [4.69, 9.17) is 16.7 Å². The number of sulfonamides is 1. The zero-order valence-corrected chi connectivity index (χ0v) is 16.3. The van der Waals surface area contributed by atoms with Crippen molar-refractivity contribution in [1.82, 2.24) is 0 Å². The van der Waals surface area contributed by atoms with Crippen molar-refractivity contribution in [2.75, 3.05) is 10.8 Å². The van der Waals surface area contributed by atoms with Gasteiger partial charge in [0.05, 0.1) is 10.6 Å². The highest BCUT2D eigenvalue weighted by atomic mass is 127. The van der Waals surface area contributed by atoms with Gasteiger partial charge in [0.1, 0.15) is 0 Å². The van der Waals surface area contributed by atoms with E-state index in [0.717, 1.165) is 3.57 Å². The minimum Gasteiger partial charge on any atom is -0.481 e. The molecule has 2 aromatic rings. The number of benzene rings is 2. The summed E-state index contributed by atoms with van der Waals surface area (Å²) in [6, 6.07) is 12.9. The van der Waals surface area contributed by atoms with Gasteiger partial charge in [-0.1, -0.05) is 11.6 Å². The van der Waals surface area contributed by atoms with Crippen LogP contribution in [0.2, 0.25) is 5.02 Å². The molecule has 0 aliphatic heterocycles. The standard InChI is InChI=1S/C16H15ClINO4S/c17-12-3-9-15(10-4-12)24(22,23)19(11-1-2-16(20)21)14-7-5-13(18)6-8-14/h3-10H,1-2,11H2,(H,20,21). The van der Waals surface area contributed by atoms with E-state index in [1.54, 1.807) is 24.3 Å². The predicted octanol–water partition coefficient (Wildman–Crippen LogP) is 4.00. The molecular formula is C16H15ClINO4S. The third kappa shape index (κ3) is 4.84. The maximum atomic E-state index is 12.9. The number of nitrogens with zero attached hydrogens (tertiary/aromatic N) is 1. The number of rotatable bonds is 7. The van der Waals surface area contributed by atoms with E-state index in [2.05, 4.69) is 22.6 Å². The largest absolute Gasteiger partial charge is 0.481 e. The second-order valence-corrected chi connectivity index (χ2v) is 8.55. The molecule has 24 heavy (non-hydrogen) atoms. The molecule has 2 rings (SSSR count). The highest BCUT2D eigenvalue weighted by molar-refractivity contribution is 14.1. The van der Waals surface area contributed by atoms with Crippen LogP contribution in [0.3, 0.4) is 0 Å². The summed E-state index contributed by atoms with van der Waals surface area (Å²) in [5.41, 5.74) is 0.496. The summed E-state index contributed by atoms with van der Waals surface area (Å²) < 4.78 is 28.1. The Hall–Kier alpha value is -1.32. The molecule has 0 saturated heterocycles. The van der Waals surface area contributed by atoms with Crippen molar-refractivity contribution in [2.24, 2.45) is 0 Å². The van der Waals surface area contributed by atoms with Crippen molar-refractivity contribution < 1.29 is 18.3 Å². The smallest absolute Gasteiger partial charge is 0.303 e. The van der Waals surface area contributed by atoms with Gasteiger partial charge < -0.3 is 5.11 Å². The fourth-order valence-electron chi connectivity index (χ4n) is 2.10. The Kier molecular flexibility index (Phi) is 6.47. The van der Waals surface area contributed by atoms with Crippen LogP contribution >= 0.6 is 34.2 Å². The van der Waals surface area contributed by atoms with Crippen LogP contribution in [0.5, 0.6) is 0 Å². The first-order chi connectivity index (χ1) is 11.3. The molecule has 1 N–H and O–H groups in total. The number of aliphatic carboxylic acids is 1. The number of halogens is 2. The van der Waals surface area contributed by atoms with Gasteiger partial charge in [0.25, 0.3) is 10.0 Å². The van der Waals surface area contributed by atoms with Crippen LogP contribution in [0, 0.1) is 3.57 Å². The van der Waals surface area contributed by atoms with E-state index in [0.29, 0.717) is 10.7 Å². The van der Waals surface area contributed by atoms with Crippen LogP contribution in [-0.2, 0) is 14.8 Å². The van der Waals surface area contributed by atoms with Gasteiger partial charge in [0.2, 0.25) is 0 Å². The van der Waals surface area contributed by atoms with Crippen molar-refractivity contribution in [3.8, 4) is 0 Å². The number of carboxylic acids is 1. The summed E-state index contributed by atoms with van der Waals surface area (Å²) in [4.78, 5) is 10.8. The molecule has 0 radical (unpaired) electrons. The van der Waals surface area contributed by atoms with Gasteiger partial charge in [-0.25, -0.2) is 8.42 Å². The average molecular weight is 480 g/mol. The molecule has 0 fully saturated rings. The molecule has 0 unspecified atom stereocenters. The Morgan fingerprint density at radius 3 is 2.21 bits per heavy atom. The zero-order valence-electron chi connectivity index (χ0n) is 12.5. The van der Waals surface area contributed by atoms with Crippen molar-refractivity contribution >= 4 is 55.9 Å². The van der Waals surface area contributed by atoms with E-state index in [1.807, 2.05) is 0 Å². The highest BCUT2D eigenvalue weighted by Crippen LogP contribution is 2.26. The van der Waals surface area contributed by atoms with Crippen LogP contribution < -0.4 is 4.31 Å². The first-order valence-corrected chi connectivity index (χ1v) is 9.96. The van der Waals surface area contributed by atoms with E-state index in [9.17, 15) is 13.2 Å². The van der Waals surface area contributed by atoms with Crippen LogP contribution in [0.25, 0.3) is 0 Å². The van der Waals surface area contributed by atoms with Gasteiger partial charge in [-0.15, -0.1) is 0 Å². The Bertz CT molecular complexity index is 807.